The van der Waals surface area contributed by atoms with E-state index in [0.717, 1.165) is 40.7 Å². The fourth-order valence-electron chi connectivity index (χ4n) is 5.70. The Labute approximate surface area is 248 Å². The third-order valence-corrected chi connectivity index (χ3v) is 7.72. The lowest BCUT2D eigenvalue weighted by Gasteiger charge is -2.52. The van der Waals surface area contributed by atoms with Crippen molar-refractivity contribution in [2.24, 2.45) is 0 Å². The van der Waals surface area contributed by atoms with Gasteiger partial charge in [0, 0.05) is 29.2 Å². The smallest absolute Gasteiger partial charge is 0.145 e. The summed E-state index contributed by atoms with van der Waals surface area (Å²) in [6.07, 6.45) is 7.69. The first-order valence-electron chi connectivity index (χ1n) is 14.2. The molecule has 0 amide bonds. The standard InChI is InChI=1S/C38H34N2O2/c1-41-36-22-18-34(19-23-36)39(32-14-8-4-9-15-32)38(28-26-31(27-29-38)30-12-6-3-7-13-30)40(33-16-10-5-11-17-33)35-20-24-37(42-2)25-21-35/h3-28H,29H2,1-2H3. The van der Waals surface area contributed by atoms with Crippen molar-refractivity contribution in [3.8, 4) is 11.5 Å². The van der Waals surface area contributed by atoms with Crippen molar-refractivity contribution >= 4 is 28.3 Å². The van der Waals surface area contributed by atoms with E-state index in [2.05, 4.69) is 143 Å². The zero-order valence-electron chi connectivity index (χ0n) is 23.9. The number of rotatable bonds is 9. The van der Waals surface area contributed by atoms with Crippen LogP contribution >= 0.6 is 0 Å². The highest BCUT2D eigenvalue weighted by Crippen LogP contribution is 2.47. The molecule has 42 heavy (non-hydrogen) atoms. The predicted molar refractivity (Wildman–Crippen MR) is 174 cm³/mol. The maximum atomic E-state index is 5.53. The molecule has 0 atom stereocenters. The highest BCUT2D eigenvalue weighted by atomic mass is 16.5. The van der Waals surface area contributed by atoms with Gasteiger partial charge in [0.25, 0.3) is 0 Å². The van der Waals surface area contributed by atoms with E-state index in [9.17, 15) is 0 Å². The van der Waals surface area contributed by atoms with Crippen molar-refractivity contribution < 1.29 is 9.47 Å². The lowest BCUT2D eigenvalue weighted by molar-refractivity contribution is 0.414. The molecule has 0 N–H and O–H groups in total. The maximum absolute atomic E-state index is 5.53. The van der Waals surface area contributed by atoms with Gasteiger partial charge in [-0.2, -0.15) is 0 Å². The summed E-state index contributed by atoms with van der Waals surface area (Å²) in [6, 6.07) is 48.4. The summed E-state index contributed by atoms with van der Waals surface area (Å²) in [7, 11) is 3.40. The van der Waals surface area contributed by atoms with E-state index in [0.29, 0.717) is 0 Å². The van der Waals surface area contributed by atoms with Crippen LogP contribution in [0.25, 0.3) is 5.57 Å². The molecule has 0 radical (unpaired) electrons. The van der Waals surface area contributed by atoms with Gasteiger partial charge in [-0.1, -0.05) is 78.9 Å². The largest absolute Gasteiger partial charge is 0.497 e. The highest BCUT2D eigenvalue weighted by molar-refractivity contribution is 5.82. The molecule has 1 aliphatic rings. The third-order valence-electron chi connectivity index (χ3n) is 7.72. The zero-order chi connectivity index (χ0) is 28.8. The quantitative estimate of drug-likeness (QED) is 0.171. The maximum Gasteiger partial charge on any atom is 0.145 e. The molecule has 0 spiro atoms. The summed E-state index contributed by atoms with van der Waals surface area (Å²) in [4.78, 5) is 4.86. The van der Waals surface area contributed by atoms with Crippen molar-refractivity contribution in [1.29, 1.82) is 0 Å². The molecular formula is C38H34N2O2. The van der Waals surface area contributed by atoms with Crippen molar-refractivity contribution in [3.63, 3.8) is 0 Å². The molecule has 1 aliphatic carbocycles. The minimum atomic E-state index is -0.649. The molecule has 4 heteroatoms. The summed E-state index contributed by atoms with van der Waals surface area (Å²) in [5.41, 5.74) is 6.03. The second-order valence-electron chi connectivity index (χ2n) is 10.2. The number of anilines is 4. The van der Waals surface area contributed by atoms with E-state index in [1.165, 1.54) is 11.1 Å². The first-order valence-corrected chi connectivity index (χ1v) is 14.2. The van der Waals surface area contributed by atoms with Crippen molar-refractivity contribution in [3.05, 3.63) is 163 Å². The molecule has 0 saturated heterocycles. The Kier molecular flexibility index (Phi) is 7.78. The Hall–Kier alpha value is -5.22. The number of nitrogens with zero attached hydrogens (tertiary/aromatic N) is 2. The Morgan fingerprint density at radius 2 is 0.905 bits per heavy atom. The molecule has 0 heterocycles. The van der Waals surface area contributed by atoms with Crippen LogP contribution in [0.15, 0.2) is 158 Å². The number of hydrogen-bond acceptors (Lipinski definition) is 4. The second-order valence-corrected chi connectivity index (χ2v) is 10.2. The van der Waals surface area contributed by atoms with E-state index in [-0.39, 0.29) is 0 Å². The van der Waals surface area contributed by atoms with E-state index in [1.54, 1.807) is 14.2 Å². The predicted octanol–water partition coefficient (Wildman–Crippen LogP) is 9.42. The minimum Gasteiger partial charge on any atom is -0.497 e. The van der Waals surface area contributed by atoms with Crippen LogP contribution in [0.5, 0.6) is 11.5 Å². The van der Waals surface area contributed by atoms with Crippen LogP contribution in [0.3, 0.4) is 0 Å². The monoisotopic (exact) mass is 550 g/mol. The second kappa shape index (κ2) is 12.1. The number of benzene rings is 5. The molecule has 0 fully saturated rings. The number of allylic oxidation sites excluding steroid dienone is 2. The van der Waals surface area contributed by atoms with E-state index >= 15 is 0 Å². The SMILES string of the molecule is COc1ccc(N(c2ccccc2)C2(N(c3ccccc3)c3ccc(OC)cc3)C=CC(c3ccccc3)=CC2)cc1. The molecule has 5 aromatic rings. The van der Waals surface area contributed by atoms with E-state index in [4.69, 9.17) is 9.47 Å². The van der Waals surface area contributed by atoms with Gasteiger partial charge in [0.15, 0.2) is 0 Å². The zero-order valence-corrected chi connectivity index (χ0v) is 23.9. The van der Waals surface area contributed by atoms with E-state index in [1.807, 2.05) is 24.3 Å². The van der Waals surface area contributed by atoms with Gasteiger partial charge in [0.1, 0.15) is 17.2 Å². The lowest BCUT2D eigenvalue weighted by Crippen LogP contribution is -2.57. The molecule has 4 nitrogen and oxygen atoms in total. The minimum absolute atomic E-state index is 0.649. The van der Waals surface area contributed by atoms with E-state index < -0.39 is 5.66 Å². The number of methoxy groups -OCH3 is 2. The molecule has 0 aliphatic heterocycles. The van der Waals surface area contributed by atoms with Crippen LogP contribution in [0.4, 0.5) is 22.7 Å². The average Bonchev–Trinajstić information content (AvgIpc) is 3.07. The lowest BCUT2D eigenvalue weighted by atomic mass is 9.88. The first-order chi connectivity index (χ1) is 20.7. The molecule has 6 rings (SSSR count). The summed E-state index contributed by atoms with van der Waals surface area (Å²) in [5.74, 6) is 1.64. The van der Waals surface area contributed by atoms with Crippen LogP contribution < -0.4 is 19.3 Å². The third kappa shape index (κ3) is 5.27. The van der Waals surface area contributed by atoms with Gasteiger partial charge in [-0.3, -0.25) is 0 Å². The molecule has 0 bridgehead atoms. The molecule has 208 valence electrons. The fraction of sp³-hybridized carbons (Fsp3) is 0.105. The summed E-state index contributed by atoms with van der Waals surface area (Å²) < 4.78 is 11.1. The van der Waals surface area contributed by atoms with Crippen molar-refractivity contribution in [2.75, 3.05) is 24.0 Å². The van der Waals surface area contributed by atoms with Crippen LogP contribution in [-0.2, 0) is 0 Å². The first kappa shape index (κ1) is 27.0. The van der Waals surface area contributed by atoms with Gasteiger partial charge in [-0.15, -0.1) is 0 Å². The fourth-order valence-corrected chi connectivity index (χ4v) is 5.70. The topological polar surface area (TPSA) is 24.9 Å². The molecule has 5 aromatic carbocycles. The Bertz CT molecular complexity index is 1560. The summed E-state index contributed by atoms with van der Waals surface area (Å²) in [6.45, 7) is 0. The average molecular weight is 551 g/mol. The van der Waals surface area contributed by atoms with Crippen LogP contribution in [0.1, 0.15) is 12.0 Å². The molecular weight excluding hydrogens is 516 g/mol. The Balaban J connectivity index is 1.61. The van der Waals surface area contributed by atoms with Gasteiger partial charge in [0.05, 0.1) is 14.2 Å². The Morgan fingerprint density at radius 3 is 1.29 bits per heavy atom. The van der Waals surface area contributed by atoms with Crippen LogP contribution in [0, 0.1) is 0 Å². The summed E-state index contributed by atoms with van der Waals surface area (Å²) in [5, 5.41) is 0. The number of hydrogen-bond donors (Lipinski definition) is 0. The highest BCUT2D eigenvalue weighted by Gasteiger charge is 2.43. The van der Waals surface area contributed by atoms with Gasteiger partial charge < -0.3 is 19.3 Å². The summed E-state index contributed by atoms with van der Waals surface area (Å²) >= 11 is 0. The molecule has 0 saturated carbocycles. The van der Waals surface area contributed by atoms with Gasteiger partial charge >= 0.3 is 0 Å². The van der Waals surface area contributed by atoms with Crippen molar-refractivity contribution in [1.82, 2.24) is 0 Å². The van der Waals surface area contributed by atoms with Gasteiger partial charge in [0.2, 0.25) is 0 Å². The van der Waals surface area contributed by atoms with Crippen LogP contribution in [0.2, 0.25) is 0 Å². The molecule has 0 aromatic heterocycles. The molecule has 0 unspecified atom stereocenters. The Morgan fingerprint density at radius 1 is 0.500 bits per heavy atom. The van der Waals surface area contributed by atoms with Crippen LogP contribution in [-0.4, -0.2) is 19.9 Å². The number of ether oxygens (including phenoxy) is 2. The number of para-hydroxylation sites is 2. The van der Waals surface area contributed by atoms with Crippen molar-refractivity contribution in [2.45, 2.75) is 12.1 Å². The van der Waals surface area contributed by atoms with Gasteiger partial charge in [-0.25, -0.2) is 0 Å². The normalized spacial score (nSPS) is 13.6. The van der Waals surface area contributed by atoms with Gasteiger partial charge in [-0.05, 0) is 90.0 Å².